The van der Waals surface area contributed by atoms with Gasteiger partial charge in [-0.3, -0.25) is 14.5 Å². The lowest BCUT2D eigenvalue weighted by Crippen LogP contribution is -2.32. The summed E-state index contributed by atoms with van der Waals surface area (Å²) in [5.41, 5.74) is 5.69. The molecule has 0 aromatic heterocycles. The molecule has 160 valence electrons. The van der Waals surface area contributed by atoms with E-state index in [4.69, 9.17) is 0 Å². The zero-order valence-electron chi connectivity index (χ0n) is 18.3. The smallest absolute Gasteiger partial charge is 0.278 e. The maximum Gasteiger partial charge on any atom is 0.278 e. The molecular formula is C26H29N3O2. The van der Waals surface area contributed by atoms with Crippen molar-refractivity contribution in [3.63, 3.8) is 0 Å². The van der Waals surface area contributed by atoms with Crippen LogP contribution in [0.25, 0.3) is 5.57 Å². The summed E-state index contributed by atoms with van der Waals surface area (Å²) in [5.74, 6) is -0.612. The molecule has 5 nitrogen and oxygen atoms in total. The summed E-state index contributed by atoms with van der Waals surface area (Å²) >= 11 is 0. The van der Waals surface area contributed by atoms with Gasteiger partial charge in [-0.25, -0.2) is 0 Å². The first-order valence-corrected chi connectivity index (χ1v) is 10.9. The molecule has 0 spiro atoms. The molecule has 0 aliphatic carbocycles. The number of hydrogen-bond acceptors (Lipinski definition) is 4. The van der Waals surface area contributed by atoms with Gasteiger partial charge >= 0.3 is 0 Å². The molecule has 0 atom stereocenters. The van der Waals surface area contributed by atoms with E-state index >= 15 is 0 Å². The van der Waals surface area contributed by atoms with E-state index < -0.39 is 0 Å². The van der Waals surface area contributed by atoms with E-state index in [1.807, 2.05) is 44.2 Å². The predicted octanol–water partition coefficient (Wildman–Crippen LogP) is 4.67. The van der Waals surface area contributed by atoms with Gasteiger partial charge in [-0.1, -0.05) is 24.3 Å². The van der Waals surface area contributed by atoms with E-state index in [-0.39, 0.29) is 18.4 Å². The highest BCUT2D eigenvalue weighted by molar-refractivity contribution is 6.36. The van der Waals surface area contributed by atoms with Crippen molar-refractivity contribution < 1.29 is 9.59 Å². The number of benzene rings is 2. The molecule has 5 heteroatoms. The molecule has 1 saturated heterocycles. The van der Waals surface area contributed by atoms with Crippen LogP contribution in [0.1, 0.15) is 36.0 Å². The summed E-state index contributed by atoms with van der Waals surface area (Å²) in [6.07, 6.45) is 5.32. The van der Waals surface area contributed by atoms with E-state index in [0.29, 0.717) is 11.3 Å². The standard InChI is InChI=1S/C26H29N3O2/c1-4-14-29-25(30)23(20-9-8-18(2)19(3)17-20)24(26(29)31)27-21-10-12-22(13-11-21)28-15-6-5-7-16-28/h4,8-13,17,27H,1,5-7,14-16H2,2-3H3. The van der Waals surface area contributed by atoms with Gasteiger partial charge < -0.3 is 10.2 Å². The van der Waals surface area contributed by atoms with Crippen molar-refractivity contribution in [2.45, 2.75) is 33.1 Å². The van der Waals surface area contributed by atoms with Gasteiger partial charge in [0, 0.05) is 31.0 Å². The van der Waals surface area contributed by atoms with Crippen molar-refractivity contribution in [3.05, 3.63) is 77.5 Å². The molecule has 0 unspecified atom stereocenters. The maximum absolute atomic E-state index is 13.1. The maximum atomic E-state index is 13.1. The Balaban J connectivity index is 1.67. The van der Waals surface area contributed by atoms with E-state index in [1.54, 1.807) is 6.08 Å². The summed E-state index contributed by atoms with van der Waals surface area (Å²) in [5, 5.41) is 3.24. The normalized spacial score (nSPS) is 16.8. The van der Waals surface area contributed by atoms with Crippen molar-refractivity contribution in [2.24, 2.45) is 0 Å². The second-order valence-electron chi connectivity index (χ2n) is 8.28. The van der Waals surface area contributed by atoms with Gasteiger partial charge in [0.2, 0.25) is 0 Å². The fourth-order valence-electron chi connectivity index (χ4n) is 4.20. The molecule has 0 radical (unpaired) electrons. The van der Waals surface area contributed by atoms with Crippen LogP contribution in [0.5, 0.6) is 0 Å². The second kappa shape index (κ2) is 8.80. The molecule has 2 aromatic carbocycles. The van der Waals surface area contributed by atoms with Crippen molar-refractivity contribution in [1.82, 2.24) is 4.90 Å². The number of amides is 2. The van der Waals surface area contributed by atoms with E-state index in [1.165, 1.54) is 29.8 Å². The Morgan fingerprint density at radius 2 is 1.65 bits per heavy atom. The van der Waals surface area contributed by atoms with Crippen LogP contribution in [-0.2, 0) is 9.59 Å². The number of carbonyl (C=O) groups is 2. The van der Waals surface area contributed by atoms with Gasteiger partial charge in [-0.15, -0.1) is 6.58 Å². The Morgan fingerprint density at radius 1 is 0.935 bits per heavy atom. The van der Waals surface area contributed by atoms with Crippen LogP contribution in [0.4, 0.5) is 11.4 Å². The third-order valence-corrected chi connectivity index (χ3v) is 6.13. The van der Waals surface area contributed by atoms with Gasteiger partial charge in [-0.2, -0.15) is 0 Å². The average molecular weight is 416 g/mol. The molecule has 31 heavy (non-hydrogen) atoms. The molecule has 2 amide bonds. The minimum atomic E-state index is -0.321. The molecule has 0 bridgehead atoms. The number of imide groups is 1. The summed E-state index contributed by atoms with van der Waals surface area (Å²) in [7, 11) is 0. The number of anilines is 2. The summed E-state index contributed by atoms with van der Waals surface area (Å²) in [4.78, 5) is 29.8. The van der Waals surface area contributed by atoms with Crippen molar-refractivity contribution in [3.8, 4) is 0 Å². The molecule has 0 saturated carbocycles. The molecule has 1 N–H and O–H groups in total. The highest BCUT2D eigenvalue weighted by Gasteiger charge is 2.38. The fourth-order valence-corrected chi connectivity index (χ4v) is 4.20. The third kappa shape index (κ3) is 4.13. The summed E-state index contributed by atoms with van der Waals surface area (Å²) in [6.45, 7) is 10.1. The van der Waals surface area contributed by atoms with Crippen LogP contribution in [0, 0.1) is 13.8 Å². The van der Waals surface area contributed by atoms with Crippen molar-refractivity contribution >= 4 is 28.8 Å². The van der Waals surface area contributed by atoms with Crippen LogP contribution in [0.2, 0.25) is 0 Å². The zero-order valence-corrected chi connectivity index (χ0v) is 18.3. The molecule has 2 aromatic rings. The van der Waals surface area contributed by atoms with Gasteiger partial charge in [-0.05, 0) is 74.1 Å². The van der Waals surface area contributed by atoms with Crippen LogP contribution in [0.3, 0.4) is 0 Å². The number of carbonyl (C=O) groups excluding carboxylic acids is 2. The monoisotopic (exact) mass is 415 g/mol. The molecule has 1 fully saturated rings. The highest BCUT2D eigenvalue weighted by atomic mass is 16.2. The second-order valence-corrected chi connectivity index (χ2v) is 8.28. The van der Waals surface area contributed by atoms with Gasteiger partial charge in [0.15, 0.2) is 0 Å². The SMILES string of the molecule is C=CCN1C(=O)C(Nc2ccc(N3CCCCC3)cc2)=C(c2ccc(C)c(C)c2)C1=O. The van der Waals surface area contributed by atoms with Crippen LogP contribution in [-0.4, -0.2) is 36.3 Å². The number of aryl methyl sites for hydroxylation is 2. The zero-order chi connectivity index (χ0) is 22.0. The first kappa shape index (κ1) is 20.9. The molecule has 2 aliphatic rings. The third-order valence-electron chi connectivity index (χ3n) is 6.13. The topological polar surface area (TPSA) is 52.7 Å². The first-order valence-electron chi connectivity index (χ1n) is 10.9. The quantitative estimate of drug-likeness (QED) is 0.550. The van der Waals surface area contributed by atoms with E-state index in [9.17, 15) is 9.59 Å². The Labute approximate surface area is 184 Å². The lowest BCUT2D eigenvalue weighted by atomic mass is 9.99. The summed E-state index contributed by atoms with van der Waals surface area (Å²) in [6, 6.07) is 14.0. The number of hydrogen-bond donors (Lipinski definition) is 1. The number of nitrogens with one attached hydrogen (secondary N) is 1. The minimum absolute atomic E-state index is 0.186. The molecule has 2 heterocycles. The van der Waals surface area contributed by atoms with Crippen LogP contribution >= 0.6 is 0 Å². The molecule has 4 rings (SSSR count). The first-order chi connectivity index (χ1) is 15.0. The number of rotatable bonds is 6. The van der Waals surface area contributed by atoms with Crippen LogP contribution in [0.15, 0.2) is 60.8 Å². The predicted molar refractivity (Wildman–Crippen MR) is 126 cm³/mol. The Kier molecular flexibility index (Phi) is 5.94. The van der Waals surface area contributed by atoms with Gasteiger partial charge in [0.05, 0.1) is 5.57 Å². The molecular weight excluding hydrogens is 386 g/mol. The van der Waals surface area contributed by atoms with Gasteiger partial charge in [0.1, 0.15) is 5.70 Å². The minimum Gasteiger partial charge on any atom is -0.372 e. The summed E-state index contributed by atoms with van der Waals surface area (Å²) < 4.78 is 0. The lowest BCUT2D eigenvalue weighted by Gasteiger charge is -2.28. The Hall–Kier alpha value is -3.34. The van der Waals surface area contributed by atoms with Crippen molar-refractivity contribution in [2.75, 3.05) is 29.9 Å². The van der Waals surface area contributed by atoms with Crippen molar-refractivity contribution in [1.29, 1.82) is 0 Å². The number of nitrogens with zero attached hydrogens (tertiary/aromatic N) is 2. The Bertz CT molecular complexity index is 1050. The van der Waals surface area contributed by atoms with E-state index in [2.05, 4.69) is 28.9 Å². The average Bonchev–Trinajstić information content (AvgIpc) is 3.01. The highest BCUT2D eigenvalue weighted by Crippen LogP contribution is 2.32. The Morgan fingerprint density at radius 3 is 2.29 bits per heavy atom. The lowest BCUT2D eigenvalue weighted by molar-refractivity contribution is -0.136. The van der Waals surface area contributed by atoms with E-state index in [0.717, 1.165) is 35.5 Å². The molecule has 2 aliphatic heterocycles. The van der Waals surface area contributed by atoms with Gasteiger partial charge in [0.25, 0.3) is 11.8 Å². The fraction of sp³-hybridized carbons (Fsp3) is 0.308. The van der Waals surface area contributed by atoms with Crippen LogP contribution < -0.4 is 10.2 Å². The largest absolute Gasteiger partial charge is 0.372 e. The number of piperidine rings is 1.